The summed E-state index contributed by atoms with van der Waals surface area (Å²) in [7, 11) is 0. The molecule has 0 heterocycles. The highest BCUT2D eigenvalue weighted by Gasteiger charge is 2.18. The summed E-state index contributed by atoms with van der Waals surface area (Å²) >= 11 is 0. The summed E-state index contributed by atoms with van der Waals surface area (Å²) in [6.45, 7) is 5.32. The van der Waals surface area contributed by atoms with Crippen molar-refractivity contribution >= 4 is 11.9 Å². The van der Waals surface area contributed by atoms with Gasteiger partial charge in [-0.2, -0.15) is 0 Å². The summed E-state index contributed by atoms with van der Waals surface area (Å²) < 4.78 is 5.05. The fraction of sp³-hybridized carbons (Fsp3) is 0.636. The van der Waals surface area contributed by atoms with Crippen LogP contribution in [0, 0.1) is 0 Å². The molecule has 0 aromatic carbocycles. The van der Waals surface area contributed by atoms with Crippen LogP contribution in [0.5, 0.6) is 0 Å². The Labute approximate surface area is 89.7 Å². The number of esters is 1. The highest BCUT2D eigenvalue weighted by atomic mass is 16.6. The second-order valence-corrected chi connectivity index (χ2v) is 4.54. The number of ether oxygens (including phenoxy) is 1. The third-order valence-corrected chi connectivity index (χ3v) is 1.91. The first kappa shape index (κ1) is 11.8. The third-order valence-electron chi connectivity index (χ3n) is 1.91. The van der Waals surface area contributed by atoms with Crippen LogP contribution in [0.4, 0.5) is 0 Å². The number of nitrogens with one attached hydrogen (secondary N) is 1. The van der Waals surface area contributed by atoms with Gasteiger partial charge < -0.3 is 10.1 Å². The van der Waals surface area contributed by atoms with Crippen LogP contribution in [0.1, 0.15) is 33.6 Å². The first-order chi connectivity index (χ1) is 6.88. The zero-order valence-electron chi connectivity index (χ0n) is 9.42. The van der Waals surface area contributed by atoms with E-state index in [1.54, 1.807) is 20.8 Å². The molecule has 1 aliphatic carbocycles. The summed E-state index contributed by atoms with van der Waals surface area (Å²) in [5.41, 5.74) is 0.260. The monoisotopic (exact) mass is 211 g/mol. The van der Waals surface area contributed by atoms with Crippen molar-refractivity contribution in [1.82, 2.24) is 5.32 Å². The lowest BCUT2D eigenvalue weighted by atomic mass is 9.98. The van der Waals surface area contributed by atoms with Gasteiger partial charge >= 0.3 is 5.97 Å². The zero-order chi connectivity index (χ0) is 11.5. The van der Waals surface area contributed by atoms with Crippen LogP contribution < -0.4 is 5.32 Å². The maximum atomic E-state index is 11.3. The number of hydrogen-bond donors (Lipinski definition) is 1. The van der Waals surface area contributed by atoms with Gasteiger partial charge in [-0.15, -0.1) is 0 Å². The fourth-order valence-electron chi connectivity index (χ4n) is 1.14. The molecule has 1 N–H and O–H groups in total. The van der Waals surface area contributed by atoms with Crippen molar-refractivity contribution in [3.05, 3.63) is 11.6 Å². The van der Waals surface area contributed by atoms with Gasteiger partial charge in [-0.3, -0.25) is 9.59 Å². The lowest BCUT2D eigenvalue weighted by Crippen LogP contribution is -2.35. The largest absolute Gasteiger partial charge is 0.459 e. The Morgan fingerprint density at radius 2 is 2.07 bits per heavy atom. The van der Waals surface area contributed by atoms with Gasteiger partial charge in [-0.1, -0.05) is 6.08 Å². The molecule has 0 bridgehead atoms. The van der Waals surface area contributed by atoms with Gasteiger partial charge in [0, 0.05) is 5.57 Å². The summed E-state index contributed by atoms with van der Waals surface area (Å²) in [6, 6.07) is 0. The minimum atomic E-state index is -0.502. The molecule has 0 saturated carbocycles. The minimum Gasteiger partial charge on any atom is -0.459 e. The van der Waals surface area contributed by atoms with Crippen LogP contribution in [0.2, 0.25) is 0 Å². The third kappa shape index (κ3) is 4.14. The van der Waals surface area contributed by atoms with Crippen molar-refractivity contribution < 1.29 is 14.3 Å². The lowest BCUT2D eigenvalue weighted by molar-refractivity contribution is -0.154. The van der Waals surface area contributed by atoms with E-state index in [1.165, 1.54) is 0 Å². The molecule has 0 fully saturated rings. The van der Waals surface area contributed by atoms with E-state index in [2.05, 4.69) is 5.32 Å². The molecular weight excluding hydrogens is 194 g/mol. The molecule has 0 aromatic heterocycles. The molecule has 0 atom stereocenters. The van der Waals surface area contributed by atoms with Crippen molar-refractivity contribution in [1.29, 1.82) is 0 Å². The summed E-state index contributed by atoms with van der Waals surface area (Å²) in [6.07, 6.45) is 3.62. The molecular formula is C11H17NO3. The number of rotatable bonds is 3. The van der Waals surface area contributed by atoms with E-state index in [9.17, 15) is 9.59 Å². The van der Waals surface area contributed by atoms with Gasteiger partial charge in [-0.25, -0.2) is 0 Å². The SMILES string of the molecule is CC(C)(C)OC(=O)CNC(=O)C1=CCC1. The predicted octanol–water partition coefficient (Wildman–Crippen LogP) is 1.16. The molecule has 1 aliphatic rings. The molecule has 0 saturated heterocycles. The summed E-state index contributed by atoms with van der Waals surface area (Å²) in [4.78, 5) is 22.5. The zero-order valence-corrected chi connectivity index (χ0v) is 9.42. The number of amides is 1. The lowest BCUT2D eigenvalue weighted by Gasteiger charge is -2.20. The predicted molar refractivity (Wildman–Crippen MR) is 56.2 cm³/mol. The molecule has 0 unspecified atom stereocenters. The normalized spacial score (nSPS) is 15.0. The first-order valence-electron chi connectivity index (χ1n) is 5.07. The second kappa shape index (κ2) is 4.47. The Bertz CT molecular complexity index is 299. The van der Waals surface area contributed by atoms with E-state index in [0.29, 0.717) is 0 Å². The second-order valence-electron chi connectivity index (χ2n) is 4.54. The van der Waals surface area contributed by atoms with E-state index in [1.807, 2.05) is 6.08 Å². The molecule has 1 amide bonds. The van der Waals surface area contributed by atoms with E-state index >= 15 is 0 Å². The number of hydrogen-bond acceptors (Lipinski definition) is 3. The number of allylic oxidation sites excluding steroid dienone is 1. The molecule has 0 radical (unpaired) electrons. The highest BCUT2D eigenvalue weighted by Crippen LogP contribution is 2.17. The average molecular weight is 211 g/mol. The van der Waals surface area contributed by atoms with Gasteiger partial charge in [0.1, 0.15) is 12.1 Å². The van der Waals surface area contributed by atoms with Gasteiger partial charge in [-0.05, 0) is 33.6 Å². The van der Waals surface area contributed by atoms with Crippen molar-refractivity contribution in [3.63, 3.8) is 0 Å². The smallest absolute Gasteiger partial charge is 0.325 e. The Kier molecular flexibility index (Phi) is 3.50. The van der Waals surface area contributed by atoms with Gasteiger partial charge in [0.2, 0.25) is 5.91 Å². The van der Waals surface area contributed by atoms with Crippen LogP contribution >= 0.6 is 0 Å². The van der Waals surface area contributed by atoms with Crippen LogP contribution in [-0.4, -0.2) is 24.0 Å². The molecule has 4 nitrogen and oxygen atoms in total. The molecule has 4 heteroatoms. The van der Waals surface area contributed by atoms with Crippen molar-refractivity contribution in [3.8, 4) is 0 Å². The Morgan fingerprint density at radius 1 is 1.47 bits per heavy atom. The Balaban J connectivity index is 2.25. The fourth-order valence-corrected chi connectivity index (χ4v) is 1.14. The van der Waals surface area contributed by atoms with Crippen LogP contribution in [0.15, 0.2) is 11.6 Å². The molecule has 84 valence electrons. The standard InChI is InChI=1S/C11H17NO3/c1-11(2,3)15-9(13)7-12-10(14)8-5-4-6-8/h5H,4,6-7H2,1-3H3,(H,12,14). The maximum absolute atomic E-state index is 11.3. The Hall–Kier alpha value is -1.32. The summed E-state index contributed by atoms with van der Waals surface area (Å²) in [5.74, 6) is -0.567. The van der Waals surface area contributed by atoms with E-state index in [4.69, 9.17) is 4.74 Å². The molecule has 0 aromatic rings. The molecule has 0 spiro atoms. The van der Waals surface area contributed by atoms with Crippen LogP contribution in [0.25, 0.3) is 0 Å². The van der Waals surface area contributed by atoms with Crippen molar-refractivity contribution in [2.45, 2.75) is 39.2 Å². The quantitative estimate of drug-likeness (QED) is 0.713. The first-order valence-corrected chi connectivity index (χ1v) is 5.07. The average Bonchev–Trinajstić information content (AvgIpc) is 1.94. The van der Waals surface area contributed by atoms with Crippen molar-refractivity contribution in [2.24, 2.45) is 0 Å². The molecule has 0 aliphatic heterocycles. The van der Waals surface area contributed by atoms with E-state index < -0.39 is 11.6 Å². The highest BCUT2D eigenvalue weighted by molar-refractivity contribution is 5.96. The molecule has 1 rings (SSSR count). The molecule has 15 heavy (non-hydrogen) atoms. The van der Waals surface area contributed by atoms with E-state index in [-0.39, 0.29) is 12.5 Å². The topological polar surface area (TPSA) is 55.4 Å². The van der Waals surface area contributed by atoms with Gasteiger partial charge in [0.15, 0.2) is 0 Å². The number of carbonyl (C=O) groups is 2. The maximum Gasteiger partial charge on any atom is 0.325 e. The van der Waals surface area contributed by atoms with Gasteiger partial charge in [0.25, 0.3) is 0 Å². The number of carbonyl (C=O) groups excluding carboxylic acids is 2. The van der Waals surface area contributed by atoms with Crippen LogP contribution in [0.3, 0.4) is 0 Å². The van der Waals surface area contributed by atoms with E-state index in [0.717, 1.165) is 18.4 Å². The van der Waals surface area contributed by atoms with Gasteiger partial charge in [0.05, 0.1) is 0 Å². The van der Waals surface area contributed by atoms with Crippen molar-refractivity contribution in [2.75, 3.05) is 6.54 Å². The minimum absolute atomic E-state index is 0.0621. The summed E-state index contributed by atoms with van der Waals surface area (Å²) in [5, 5.41) is 2.53. The Morgan fingerprint density at radius 3 is 2.47 bits per heavy atom. The van der Waals surface area contributed by atoms with Crippen LogP contribution in [-0.2, 0) is 14.3 Å².